The maximum absolute atomic E-state index is 14.5. The number of halogens is 4. The lowest BCUT2D eigenvalue weighted by Crippen LogP contribution is -2.50. The van der Waals surface area contributed by atoms with Crippen molar-refractivity contribution in [3.63, 3.8) is 0 Å². The summed E-state index contributed by atoms with van der Waals surface area (Å²) in [6.45, 7) is -0.297. The molecule has 0 saturated carbocycles. The smallest absolute Gasteiger partial charge is 0.337 e. The van der Waals surface area contributed by atoms with Gasteiger partial charge in [-0.05, 0) is 47.5 Å². The van der Waals surface area contributed by atoms with Gasteiger partial charge in [-0.25, -0.2) is 48.8 Å². The van der Waals surface area contributed by atoms with Gasteiger partial charge in [-0.1, -0.05) is 36.4 Å². The first-order valence-electron chi connectivity index (χ1n) is 18.3. The fraction of sp³-hybridized carbons (Fsp3) is 0.300. The number of ether oxygens (including phenoxy) is 1. The van der Waals surface area contributed by atoms with Crippen molar-refractivity contribution >= 4 is 54.9 Å². The molecule has 0 atom stereocenters. The Hall–Kier alpha value is -5.86. The average Bonchev–Trinajstić information content (AvgIpc) is 3.22. The van der Waals surface area contributed by atoms with E-state index in [0.717, 1.165) is 34.1 Å². The highest BCUT2D eigenvalue weighted by Gasteiger charge is 2.32. The van der Waals surface area contributed by atoms with Gasteiger partial charge in [-0.15, -0.1) is 0 Å². The predicted octanol–water partition coefficient (Wildman–Crippen LogP) is 4.57. The van der Waals surface area contributed by atoms with Gasteiger partial charge in [0.05, 0.1) is 66.7 Å². The van der Waals surface area contributed by atoms with Crippen LogP contribution in [-0.4, -0.2) is 113 Å². The van der Waals surface area contributed by atoms with Crippen LogP contribution in [0.15, 0.2) is 84.9 Å². The molecular formula is C40H41F4N5O9S2. The van der Waals surface area contributed by atoms with Crippen molar-refractivity contribution in [3.8, 4) is 0 Å². The molecule has 60 heavy (non-hydrogen) atoms. The predicted molar refractivity (Wildman–Crippen MR) is 214 cm³/mol. The normalized spacial score (nSPS) is 15.6. The van der Waals surface area contributed by atoms with E-state index in [1.54, 1.807) is 36.4 Å². The van der Waals surface area contributed by atoms with Gasteiger partial charge in [-0.3, -0.25) is 14.6 Å². The summed E-state index contributed by atoms with van der Waals surface area (Å²) in [5, 5.41) is 0. The molecule has 0 spiro atoms. The molecule has 0 radical (unpaired) electrons. The molecule has 2 N–H and O–H groups in total. The first-order valence-corrected chi connectivity index (χ1v) is 22.0. The zero-order valence-corrected chi connectivity index (χ0v) is 33.9. The average molecular weight is 876 g/mol. The molecule has 4 amide bonds. The first kappa shape index (κ1) is 45.2. The minimum Gasteiger partial charge on any atom is -0.465 e. The summed E-state index contributed by atoms with van der Waals surface area (Å²) in [5.74, 6) is -4.85. The Labute approximate surface area is 343 Å². The number of ketones is 1. The van der Waals surface area contributed by atoms with E-state index in [9.17, 15) is 53.6 Å². The van der Waals surface area contributed by atoms with Crippen molar-refractivity contribution in [3.05, 3.63) is 130 Å². The topological polar surface area (TPSA) is 185 Å². The molecule has 2 saturated heterocycles. The Balaban J connectivity index is 0.000000228. The lowest BCUT2D eigenvalue weighted by molar-refractivity contribution is 0.0600. The van der Waals surface area contributed by atoms with Crippen LogP contribution in [0.2, 0.25) is 0 Å². The largest absolute Gasteiger partial charge is 0.465 e. The van der Waals surface area contributed by atoms with Crippen LogP contribution in [0.3, 0.4) is 0 Å². The second-order valence-corrected chi connectivity index (χ2v) is 18.3. The zero-order chi connectivity index (χ0) is 43.8. The van der Waals surface area contributed by atoms with E-state index < -0.39 is 61.0 Å². The third kappa shape index (κ3) is 11.7. The highest BCUT2D eigenvalue weighted by atomic mass is 32.2. The molecule has 20 heteroatoms. The molecule has 4 aromatic rings. The van der Waals surface area contributed by atoms with Crippen LogP contribution in [0.25, 0.3) is 0 Å². The van der Waals surface area contributed by atoms with Gasteiger partial charge in [0.25, 0.3) is 0 Å². The second kappa shape index (κ2) is 19.5. The summed E-state index contributed by atoms with van der Waals surface area (Å²) in [6.07, 6.45) is 0. The summed E-state index contributed by atoms with van der Waals surface area (Å²) < 4.78 is 107. The molecule has 2 heterocycles. The van der Waals surface area contributed by atoms with Crippen molar-refractivity contribution in [1.82, 2.24) is 9.80 Å². The molecule has 2 aliphatic heterocycles. The van der Waals surface area contributed by atoms with Gasteiger partial charge < -0.3 is 20.3 Å². The number of sulfone groups is 2. The van der Waals surface area contributed by atoms with Crippen LogP contribution in [0.4, 0.5) is 38.5 Å². The van der Waals surface area contributed by atoms with Crippen LogP contribution in [0, 0.1) is 23.3 Å². The Kier molecular flexibility index (Phi) is 14.7. The molecule has 0 unspecified atom stereocenters. The van der Waals surface area contributed by atoms with E-state index in [2.05, 4.69) is 4.74 Å². The number of methoxy groups -OCH3 is 1. The Bertz CT molecular complexity index is 2260. The van der Waals surface area contributed by atoms with E-state index in [4.69, 9.17) is 5.73 Å². The lowest BCUT2D eigenvalue weighted by Gasteiger charge is -2.33. The minimum atomic E-state index is -3.21. The van der Waals surface area contributed by atoms with Crippen LogP contribution in [-0.2, 0) is 37.5 Å². The number of benzene rings is 4. The number of hydrogen-bond donors (Lipinski definition) is 1. The lowest BCUT2D eigenvalue weighted by atomic mass is 10.1. The molecule has 14 nitrogen and oxygen atoms in total. The summed E-state index contributed by atoms with van der Waals surface area (Å²) in [5.41, 5.74) is 7.00. The number of amides is 4. The van der Waals surface area contributed by atoms with Gasteiger partial charge in [0.15, 0.2) is 25.5 Å². The minimum absolute atomic E-state index is 0.00950. The van der Waals surface area contributed by atoms with Crippen molar-refractivity contribution in [1.29, 1.82) is 0 Å². The van der Waals surface area contributed by atoms with E-state index in [1.165, 1.54) is 29.0 Å². The van der Waals surface area contributed by atoms with Gasteiger partial charge >= 0.3 is 18.0 Å². The number of hydrogen-bond acceptors (Lipinski definition) is 10. The quantitative estimate of drug-likeness (QED) is 0.142. The highest BCUT2D eigenvalue weighted by molar-refractivity contribution is 7.91. The fourth-order valence-electron chi connectivity index (χ4n) is 6.20. The van der Waals surface area contributed by atoms with Gasteiger partial charge in [0.2, 0.25) is 0 Å². The summed E-state index contributed by atoms with van der Waals surface area (Å²) in [4.78, 5) is 54.4. The van der Waals surface area contributed by atoms with Crippen LogP contribution in [0.5, 0.6) is 0 Å². The van der Waals surface area contributed by atoms with Gasteiger partial charge in [-0.2, -0.15) is 0 Å². The molecule has 4 aromatic carbocycles. The number of esters is 1. The van der Waals surface area contributed by atoms with Gasteiger partial charge in [0, 0.05) is 43.9 Å². The third-order valence-electron chi connectivity index (χ3n) is 9.61. The van der Waals surface area contributed by atoms with Gasteiger partial charge in [0.1, 0.15) is 23.3 Å². The van der Waals surface area contributed by atoms with Crippen LogP contribution < -0.4 is 15.5 Å². The maximum Gasteiger partial charge on any atom is 0.337 e. The number of nitrogens with two attached hydrogens (primary N) is 1. The Morgan fingerprint density at radius 2 is 0.967 bits per heavy atom. The Morgan fingerprint density at radius 3 is 1.30 bits per heavy atom. The van der Waals surface area contributed by atoms with E-state index in [1.807, 2.05) is 0 Å². The molecule has 6 rings (SSSR count). The number of anilines is 2. The number of nitrogens with zero attached hydrogens (tertiary/aromatic N) is 4. The molecule has 2 fully saturated rings. The van der Waals surface area contributed by atoms with E-state index in [-0.39, 0.29) is 86.0 Å². The van der Waals surface area contributed by atoms with Crippen LogP contribution in [0.1, 0.15) is 31.8 Å². The molecular weight excluding hydrogens is 835 g/mol. The summed E-state index contributed by atoms with van der Waals surface area (Å²) in [7, 11) is -5.16. The second-order valence-electron chi connectivity index (χ2n) is 13.7. The number of carbonyl (C=O) groups excluding carboxylic acids is 4. The molecule has 320 valence electrons. The van der Waals surface area contributed by atoms with Crippen LogP contribution >= 0.6 is 0 Å². The summed E-state index contributed by atoms with van der Waals surface area (Å²) in [6, 6.07) is 17.1. The number of Topliss-reactive ketones (excluding diaryl/α,β-unsaturated/α-hetero) is 1. The molecule has 0 bridgehead atoms. The molecule has 0 aromatic heterocycles. The van der Waals surface area contributed by atoms with E-state index >= 15 is 0 Å². The number of carbonyl (C=O) groups is 4. The van der Waals surface area contributed by atoms with E-state index in [0.29, 0.717) is 34.4 Å². The third-order valence-corrected chi connectivity index (χ3v) is 12.8. The van der Waals surface area contributed by atoms with Crippen molar-refractivity contribution < 1.29 is 58.3 Å². The fourth-order valence-corrected chi connectivity index (χ4v) is 8.61. The standard InChI is InChI=1S/C20H21F2N3O4S.C20H20F2N2O5S/c21-16-5-6-18(17(22)11-16)25(20(27)24-7-9-30(28,29)10-8-24)13-14-1-3-15(4-2-14)19(26)12-23;1-29-19(25)15-4-2-14(3-5-15)13-24(18-7-6-16(21)12-17(18)22)20(26)23-8-10-30(27,28)11-9-23/h1-6,11H,7-10,12-13,23H2;2-7,12H,8-11,13H2,1H3. The number of urea groups is 2. The first-order chi connectivity index (χ1) is 28.4. The molecule has 0 aliphatic carbocycles. The SMILES string of the molecule is COC(=O)c1ccc(CN(C(=O)N2CCS(=O)(=O)CC2)c2ccc(F)cc2F)cc1.NCC(=O)c1ccc(CN(C(=O)N2CCS(=O)(=O)CC2)c2ccc(F)cc2F)cc1. The van der Waals surface area contributed by atoms with Crippen molar-refractivity contribution in [2.75, 3.05) is 72.6 Å². The molecule has 2 aliphatic rings. The monoisotopic (exact) mass is 875 g/mol. The number of rotatable bonds is 9. The maximum atomic E-state index is 14.5. The van der Waals surface area contributed by atoms with Crippen molar-refractivity contribution in [2.45, 2.75) is 13.1 Å². The highest BCUT2D eigenvalue weighted by Crippen LogP contribution is 2.27. The van der Waals surface area contributed by atoms with Crippen molar-refractivity contribution in [2.24, 2.45) is 5.73 Å². The Morgan fingerprint density at radius 1 is 0.600 bits per heavy atom. The zero-order valence-electron chi connectivity index (χ0n) is 32.2. The summed E-state index contributed by atoms with van der Waals surface area (Å²) >= 11 is 0.